The van der Waals surface area contributed by atoms with Gasteiger partial charge in [-0.15, -0.1) is 11.3 Å². The molecule has 2 rings (SSSR count). The smallest absolute Gasteiger partial charge is 0.219 e. The van der Waals surface area contributed by atoms with Crippen LogP contribution in [0, 0.1) is 0 Å². The van der Waals surface area contributed by atoms with E-state index >= 15 is 0 Å². The third-order valence-corrected chi connectivity index (χ3v) is 4.56. The molecule has 0 aromatic carbocycles. The van der Waals surface area contributed by atoms with Gasteiger partial charge >= 0.3 is 0 Å². The predicted octanol–water partition coefficient (Wildman–Crippen LogP) is 2.32. The number of rotatable bonds is 4. The quantitative estimate of drug-likeness (QED) is 0.894. The van der Waals surface area contributed by atoms with Crippen molar-refractivity contribution in [3.63, 3.8) is 0 Å². The Morgan fingerprint density at radius 1 is 1.53 bits per heavy atom. The molecule has 1 fully saturated rings. The van der Waals surface area contributed by atoms with E-state index in [4.69, 9.17) is 4.74 Å². The summed E-state index contributed by atoms with van der Waals surface area (Å²) in [5.74, 6) is 0.132. The fraction of sp³-hybridized carbons (Fsp3) is 0.615. The van der Waals surface area contributed by atoms with E-state index in [0.29, 0.717) is 6.42 Å². The largest absolute Gasteiger partial charge is 0.381 e. The van der Waals surface area contributed by atoms with Crippen molar-refractivity contribution in [1.82, 2.24) is 5.32 Å². The van der Waals surface area contributed by atoms with E-state index in [0.717, 1.165) is 32.6 Å². The first-order chi connectivity index (χ1) is 8.27. The summed E-state index contributed by atoms with van der Waals surface area (Å²) < 4.78 is 5.45. The van der Waals surface area contributed by atoms with E-state index < -0.39 is 0 Å². The lowest BCUT2D eigenvalue weighted by molar-refractivity contribution is -0.121. The summed E-state index contributed by atoms with van der Waals surface area (Å²) in [4.78, 5) is 12.8. The molecule has 2 heterocycles. The number of carbonyl (C=O) groups excluding carboxylic acids is 1. The summed E-state index contributed by atoms with van der Waals surface area (Å²) in [6.45, 7) is 4.21. The van der Waals surface area contributed by atoms with E-state index in [1.807, 2.05) is 6.92 Å². The van der Waals surface area contributed by atoms with Crippen LogP contribution in [-0.2, 0) is 14.9 Å². The third-order valence-electron chi connectivity index (χ3n) is 3.44. The van der Waals surface area contributed by atoms with Gasteiger partial charge in [-0.05, 0) is 24.3 Å². The average molecular weight is 253 g/mol. The molecule has 4 heteroatoms. The minimum atomic E-state index is 0.0945. The van der Waals surface area contributed by atoms with Gasteiger partial charge in [-0.25, -0.2) is 0 Å². The number of amides is 1. The summed E-state index contributed by atoms with van der Waals surface area (Å²) in [6, 6.07) is 4.26. The van der Waals surface area contributed by atoms with Crippen molar-refractivity contribution in [3.05, 3.63) is 22.4 Å². The first kappa shape index (κ1) is 12.6. The van der Waals surface area contributed by atoms with Gasteiger partial charge in [-0.1, -0.05) is 13.0 Å². The fourth-order valence-electron chi connectivity index (χ4n) is 2.25. The molecule has 1 amide bonds. The highest BCUT2D eigenvalue weighted by Gasteiger charge is 2.35. The molecule has 1 saturated heterocycles. The van der Waals surface area contributed by atoms with Crippen LogP contribution >= 0.6 is 11.3 Å². The normalized spacial score (nSPS) is 18.9. The maximum atomic E-state index is 11.4. The topological polar surface area (TPSA) is 38.3 Å². The highest BCUT2D eigenvalue weighted by atomic mass is 32.1. The number of hydrogen-bond donors (Lipinski definition) is 1. The molecule has 0 bridgehead atoms. The maximum Gasteiger partial charge on any atom is 0.219 e. The van der Waals surface area contributed by atoms with Gasteiger partial charge < -0.3 is 10.1 Å². The molecule has 0 radical (unpaired) electrons. The van der Waals surface area contributed by atoms with Gasteiger partial charge in [0.25, 0.3) is 0 Å². The number of ether oxygens (including phenoxy) is 1. The van der Waals surface area contributed by atoms with Crippen molar-refractivity contribution in [1.29, 1.82) is 0 Å². The molecule has 17 heavy (non-hydrogen) atoms. The molecule has 0 atom stereocenters. The monoisotopic (exact) mass is 253 g/mol. The van der Waals surface area contributed by atoms with Crippen molar-refractivity contribution < 1.29 is 9.53 Å². The number of hydrogen-bond acceptors (Lipinski definition) is 3. The van der Waals surface area contributed by atoms with Crippen LogP contribution in [0.3, 0.4) is 0 Å². The van der Waals surface area contributed by atoms with Gasteiger partial charge in [0.2, 0.25) is 5.91 Å². The molecular formula is C13H19NO2S. The number of thiophene rings is 1. The first-order valence-corrected chi connectivity index (χ1v) is 7.03. The summed E-state index contributed by atoms with van der Waals surface area (Å²) in [5, 5.41) is 5.15. The van der Waals surface area contributed by atoms with Crippen LogP contribution in [0.5, 0.6) is 0 Å². The lowest BCUT2D eigenvalue weighted by atomic mass is 9.78. The molecule has 1 aromatic heterocycles. The third kappa shape index (κ3) is 2.87. The molecule has 3 nitrogen and oxygen atoms in total. The lowest BCUT2D eigenvalue weighted by Gasteiger charge is -2.36. The Balaban J connectivity index is 2.10. The second-order valence-corrected chi connectivity index (χ2v) is 5.45. The minimum Gasteiger partial charge on any atom is -0.381 e. The molecule has 1 N–H and O–H groups in total. The van der Waals surface area contributed by atoms with Crippen LogP contribution in [0.15, 0.2) is 17.5 Å². The summed E-state index contributed by atoms with van der Waals surface area (Å²) in [7, 11) is 0. The first-order valence-electron chi connectivity index (χ1n) is 6.15. The van der Waals surface area contributed by atoms with Gasteiger partial charge in [0, 0.05) is 36.5 Å². The zero-order chi connectivity index (χ0) is 12.1. The van der Waals surface area contributed by atoms with Gasteiger partial charge in [-0.2, -0.15) is 0 Å². The van der Waals surface area contributed by atoms with E-state index in [9.17, 15) is 4.79 Å². The zero-order valence-electron chi connectivity index (χ0n) is 10.2. The van der Waals surface area contributed by atoms with E-state index in [2.05, 4.69) is 22.8 Å². The maximum absolute atomic E-state index is 11.4. The highest BCUT2D eigenvalue weighted by molar-refractivity contribution is 7.10. The van der Waals surface area contributed by atoms with Crippen LogP contribution in [0.25, 0.3) is 0 Å². The summed E-state index contributed by atoms with van der Waals surface area (Å²) >= 11 is 1.78. The van der Waals surface area contributed by atoms with Crippen LogP contribution < -0.4 is 5.32 Å². The van der Waals surface area contributed by atoms with Crippen LogP contribution in [0.2, 0.25) is 0 Å². The second-order valence-electron chi connectivity index (χ2n) is 4.50. The number of carbonyl (C=O) groups is 1. The molecule has 0 spiro atoms. The van der Waals surface area contributed by atoms with Crippen LogP contribution in [0.4, 0.5) is 0 Å². The van der Waals surface area contributed by atoms with Gasteiger partial charge in [0.1, 0.15) is 0 Å². The van der Waals surface area contributed by atoms with Crippen molar-refractivity contribution in [2.45, 2.75) is 31.6 Å². The van der Waals surface area contributed by atoms with Gasteiger partial charge in [-0.3, -0.25) is 4.79 Å². The van der Waals surface area contributed by atoms with Crippen molar-refractivity contribution >= 4 is 17.2 Å². The van der Waals surface area contributed by atoms with E-state index in [1.54, 1.807) is 11.3 Å². The molecule has 94 valence electrons. The summed E-state index contributed by atoms with van der Waals surface area (Å²) in [5.41, 5.74) is 0.0945. The van der Waals surface area contributed by atoms with Crippen molar-refractivity contribution in [3.8, 4) is 0 Å². The highest BCUT2D eigenvalue weighted by Crippen LogP contribution is 2.36. The second kappa shape index (κ2) is 5.65. The molecule has 1 aromatic rings. The molecular weight excluding hydrogens is 234 g/mol. The van der Waals surface area contributed by atoms with Gasteiger partial charge in [0.15, 0.2) is 0 Å². The fourth-order valence-corrected chi connectivity index (χ4v) is 3.23. The summed E-state index contributed by atoms with van der Waals surface area (Å²) in [6.07, 6.45) is 2.55. The minimum absolute atomic E-state index is 0.0945. The predicted molar refractivity (Wildman–Crippen MR) is 69.4 cm³/mol. The van der Waals surface area contributed by atoms with Crippen molar-refractivity contribution in [2.24, 2.45) is 0 Å². The Morgan fingerprint density at radius 2 is 2.29 bits per heavy atom. The molecule has 1 aliphatic rings. The van der Waals surface area contributed by atoms with Crippen LogP contribution in [0.1, 0.15) is 31.1 Å². The zero-order valence-corrected chi connectivity index (χ0v) is 11.0. The SMILES string of the molecule is CCC(=O)NCC1(c2cccs2)CCOCC1. The van der Waals surface area contributed by atoms with E-state index in [1.165, 1.54) is 4.88 Å². The lowest BCUT2D eigenvalue weighted by Crippen LogP contribution is -2.44. The Bertz CT molecular complexity index is 356. The van der Waals surface area contributed by atoms with Crippen molar-refractivity contribution in [2.75, 3.05) is 19.8 Å². The molecule has 0 aliphatic carbocycles. The number of nitrogens with one attached hydrogen (secondary N) is 1. The average Bonchev–Trinajstić information content (AvgIpc) is 2.91. The Labute approximate surface area is 106 Å². The standard InChI is InChI=1S/C13H19NO2S/c1-2-12(15)14-10-13(5-7-16-8-6-13)11-4-3-9-17-11/h3-4,9H,2,5-8,10H2,1H3,(H,14,15). The van der Waals surface area contributed by atoms with E-state index in [-0.39, 0.29) is 11.3 Å². The Hall–Kier alpha value is -0.870. The Kier molecular flexibility index (Phi) is 4.18. The Morgan fingerprint density at radius 3 is 2.88 bits per heavy atom. The molecule has 0 unspecified atom stereocenters. The van der Waals surface area contributed by atoms with Crippen LogP contribution in [-0.4, -0.2) is 25.7 Å². The van der Waals surface area contributed by atoms with Gasteiger partial charge in [0.05, 0.1) is 0 Å². The molecule has 0 saturated carbocycles. The molecule has 1 aliphatic heterocycles.